The Morgan fingerprint density at radius 3 is 2.34 bits per heavy atom. The van der Waals surface area contributed by atoms with Crippen LogP contribution in [0.2, 0.25) is 5.02 Å². The third-order valence-electron chi connectivity index (χ3n) is 4.72. The van der Waals surface area contributed by atoms with Gasteiger partial charge in [-0.2, -0.15) is 5.10 Å². The molecular weight excluding hydrogens is 408 g/mol. The first-order valence-corrected chi connectivity index (χ1v) is 11.5. The molecule has 1 aliphatic rings. The molecule has 1 amide bonds. The van der Waals surface area contributed by atoms with E-state index in [1.165, 1.54) is 41.9 Å². The first-order valence-electron chi connectivity index (χ1n) is 9.45. The van der Waals surface area contributed by atoms with Crippen LogP contribution in [0.25, 0.3) is 6.08 Å². The third kappa shape index (κ3) is 5.14. The quantitative estimate of drug-likeness (QED) is 0.612. The largest absolute Gasteiger partial charge is 0.275 e. The lowest BCUT2D eigenvalue weighted by Gasteiger charge is -2.06. The molecule has 0 spiro atoms. The summed E-state index contributed by atoms with van der Waals surface area (Å²) < 4.78 is 25.5. The summed E-state index contributed by atoms with van der Waals surface area (Å²) in [5.74, 6) is -0.674. The molecule has 1 aliphatic heterocycles. The smallest absolute Gasteiger partial charge is 0.267 e. The predicted molar refractivity (Wildman–Crippen MR) is 117 cm³/mol. The number of unbranched alkanes of at least 4 members (excludes halogenated alkanes) is 1. The van der Waals surface area contributed by atoms with Gasteiger partial charge in [-0.1, -0.05) is 49.2 Å². The highest BCUT2D eigenvalue weighted by molar-refractivity contribution is 7.92. The topological polar surface area (TPSA) is 66.8 Å². The van der Waals surface area contributed by atoms with Gasteiger partial charge in [-0.15, -0.1) is 0 Å². The predicted octanol–water partition coefficient (Wildman–Crippen LogP) is 4.37. The summed E-state index contributed by atoms with van der Waals surface area (Å²) in [4.78, 5) is 12.7. The molecule has 0 saturated heterocycles. The minimum absolute atomic E-state index is 0.145. The van der Waals surface area contributed by atoms with Crippen molar-refractivity contribution in [1.82, 2.24) is 5.01 Å². The van der Waals surface area contributed by atoms with Gasteiger partial charge in [0, 0.05) is 12.1 Å². The maximum Gasteiger partial charge on any atom is 0.275 e. The van der Waals surface area contributed by atoms with Crippen LogP contribution in [0.3, 0.4) is 0 Å². The highest BCUT2D eigenvalue weighted by atomic mass is 35.5. The normalized spacial score (nSPS) is 15.8. The Morgan fingerprint density at radius 1 is 1.07 bits per heavy atom. The van der Waals surface area contributed by atoms with E-state index in [1.807, 2.05) is 24.3 Å². The molecule has 0 bridgehead atoms. The molecule has 2 aromatic rings. The number of hydrazone groups is 1. The van der Waals surface area contributed by atoms with Gasteiger partial charge in [0.05, 0.1) is 21.9 Å². The van der Waals surface area contributed by atoms with Gasteiger partial charge < -0.3 is 0 Å². The highest BCUT2D eigenvalue weighted by Crippen LogP contribution is 2.22. The number of hydrogen-bond acceptors (Lipinski definition) is 4. The van der Waals surface area contributed by atoms with Crippen LogP contribution in [0.15, 0.2) is 64.1 Å². The van der Waals surface area contributed by atoms with Gasteiger partial charge in [0.1, 0.15) is 0 Å². The fraction of sp³-hybridized carbons (Fsp3) is 0.273. The van der Waals surface area contributed by atoms with E-state index in [-0.39, 0.29) is 22.3 Å². The maximum absolute atomic E-state index is 12.8. The maximum atomic E-state index is 12.8. The van der Waals surface area contributed by atoms with Crippen LogP contribution in [0.1, 0.15) is 30.9 Å². The van der Waals surface area contributed by atoms with E-state index in [2.05, 4.69) is 12.0 Å². The number of carbonyl (C=O) groups is 1. The van der Waals surface area contributed by atoms with Crippen LogP contribution in [0, 0.1) is 0 Å². The number of aryl methyl sites for hydroxylation is 1. The van der Waals surface area contributed by atoms with Crippen molar-refractivity contribution in [3.8, 4) is 0 Å². The SMILES string of the molecule is CCCCc1ccc(/C=C2/C(=O)N(C)N=C2CS(=O)(=O)c2ccc(Cl)cc2)cc1. The molecule has 0 aliphatic carbocycles. The Labute approximate surface area is 176 Å². The molecule has 1 heterocycles. The number of nitrogens with zero attached hydrogens (tertiary/aromatic N) is 2. The lowest BCUT2D eigenvalue weighted by atomic mass is 10.0. The molecule has 2 aromatic carbocycles. The van der Waals surface area contributed by atoms with E-state index in [4.69, 9.17) is 11.6 Å². The average Bonchev–Trinajstić information content (AvgIpc) is 2.94. The van der Waals surface area contributed by atoms with Gasteiger partial charge in [0.25, 0.3) is 5.91 Å². The summed E-state index contributed by atoms with van der Waals surface area (Å²) in [6.07, 6.45) is 4.98. The molecule has 0 N–H and O–H groups in total. The second-order valence-electron chi connectivity index (χ2n) is 6.99. The van der Waals surface area contributed by atoms with E-state index in [0.717, 1.165) is 24.8 Å². The van der Waals surface area contributed by atoms with Crippen LogP contribution < -0.4 is 0 Å². The number of halogens is 1. The van der Waals surface area contributed by atoms with Crippen LogP contribution in [-0.2, 0) is 21.1 Å². The highest BCUT2D eigenvalue weighted by Gasteiger charge is 2.31. The summed E-state index contributed by atoms with van der Waals surface area (Å²) >= 11 is 5.84. The lowest BCUT2D eigenvalue weighted by molar-refractivity contribution is -0.124. The van der Waals surface area contributed by atoms with Crippen molar-refractivity contribution in [2.24, 2.45) is 5.10 Å². The summed E-state index contributed by atoms with van der Waals surface area (Å²) in [7, 11) is -2.14. The Morgan fingerprint density at radius 2 is 1.72 bits per heavy atom. The van der Waals surface area contributed by atoms with Crippen molar-refractivity contribution in [1.29, 1.82) is 0 Å². The Bertz CT molecular complexity index is 1060. The summed E-state index contributed by atoms with van der Waals surface area (Å²) in [6.45, 7) is 2.15. The van der Waals surface area contributed by atoms with E-state index in [1.54, 1.807) is 6.08 Å². The Hall–Kier alpha value is -2.44. The van der Waals surface area contributed by atoms with Crippen molar-refractivity contribution < 1.29 is 13.2 Å². The molecule has 0 atom stereocenters. The number of amides is 1. The number of sulfone groups is 1. The second-order valence-corrected chi connectivity index (χ2v) is 9.42. The molecule has 0 saturated carbocycles. The monoisotopic (exact) mass is 430 g/mol. The first kappa shape index (κ1) is 21.3. The molecule has 7 heteroatoms. The minimum Gasteiger partial charge on any atom is -0.267 e. The van der Waals surface area contributed by atoms with Gasteiger partial charge in [-0.3, -0.25) is 4.79 Å². The van der Waals surface area contributed by atoms with Gasteiger partial charge in [-0.05, 0) is 54.3 Å². The van der Waals surface area contributed by atoms with E-state index in [9.17, 15) is 13.2 Å². The lowest BCUT2D eigenvalue weighted by Crippen LogP contribution is -2.20. The van der Waals surface area contributed by atoms with Crippen molar-refractivity contribution in [3.63, 3.8) is 0 Å². The van der Waals surface area contributed by atoms with Crippen LogP contribution in [0.4, 0.5) is 0 Å². The van der Waals surface area contributed by atoms with Gasteiger partial charge in [0.2, 0.25) is 0 Å². The van der Waals surface area contributed by atoms with E-state index < -0.39 is 9.84 Å². The molecule has 152 valence electrons. The van der Waals surface area contributed by atoms with Crippen LogP contribution in [-0.4, -0.2) is 37.8 Å². The molecule has 0 unspecified atom stereocenters. The van der Waals surface area contributed by atoms with Crippen LogP contribution >= 0.6 is 11.6 Å². The second kappa shape index (κ2) is 8.93. The van der Waals surface area contributed by atoms with E-state index >= 15 is 0 Å². The third-order valence-corrected chi connectivity index (χ3v) is 6.61. The van der Waals surface area contributed by atoms with E-state index in [0.29, 0.717) is 10.6 Å². The molecule has 0 aromatic heterocycles. The molecule has 0 fully saturated rings. The van der Waals surface area contributed by atoms with Gasteiger partial charge in [0.15, 0.2) is 9.84 Å². The molecule has 5 nitrogen and oxygen atoms in total. The fourth-order valence-electron chi connectivity index (χ4n) is 3.06. The standard InChI is InChI=1S/C22H23ClN2O3S/c1-3-4-5-16-6-8-17(9-7-16)14-20-21(24-25(2)22(20)26)15-29(27,28)19-12-10-18(23)11-13-19/h6-14H,3-5,15H2,1-2H3/b20-14+. The van der Waals surface area contributed by atoms with Crippen molar-refractivity contribution in [2.75, 3.05) is 12.8 Å². The van der Waals surface area contributed by atoms with Crippen molar-refractivity contribution in [3.05, 3.63) is 70.3 Å². The zero-order chi connectivity index (χ0) is 21.0. The summed E-state index contributed by atoms with van der Waals surface area (Å²) in [5, 5.41) is 5.79. The number of benzene rings is 2. The number of hydrogen-bond donors (Lipinski definition) is 0. The van der Waals surface area contributed by atoms with Crippen LogP contribution in [0.5, 0.6) is 0 Å². The summed E-state index contributed by atoms with van der Waals surface area (Å²) in [5.41, 5.74) is 2.61. The number of rotatable bonds is 7. The molecule has 29 heavy (non-hydrogen) atoms. The number of carbonyl (C=O) groups excluding carboxylic acids is 1. The molecule has 3 rings (SSSR count). The molecule has 0 radical (unpaired) electrons. The zero-order valence-corrected chi connectivity index (χ0v) is 18.0. The Balaban J connectivity index is 1.86. The average molecular weight is 431 g/mol. The van der Waals surface area contributed by atoms with Gasteiger partial charge in [-0.25, -0.2) is 13.4 Å². The van der Waals surface area contributed by atoms with Crippen molar-refractivity contribution in [2.45, 2.75) is 31.1 Å². The minimum atomic E-state index is -3.66. The molecular formula is C22H23ClN2O3S. The zero-order valence-electron chi connectivity index (χ0n) is 16.4. The number of likely N-dealkylation sites (N-methyl/N-ethyl adjacent to an activating group) is 1. The van der Waals surface area contributed by atoms with Gasteiger partial charge >= 0.3 is 0 Å². The first-order chi connectivity index (χ1) is 13.8. The fourth-order valence-corrected chi connectivity index (χ4v) is 4.48. The van der Waals surface area contributed by atoms with Crippen molar-refractivity contribution >= 4 is 39.1 Å². The summed E-state index contributed by atoms with van der Waals surface area (Å²) in [6, 6.07) is 13.9. The Kier molecular flexibility index (Phi) is 6.55.